The molecule has 15 heavy (non-hydrogen) atoms. The topological polar surface area (TPSA) is 68.3 Å². The van der Waals surface area contributed by atoms with Gasteiger partial charge in [-0.15, -0.1) is 0 Å². The highest BCUT2D eigenvalue weighted by Gasteiger charge is 2.20. The first-order valence-corrected chi connectivity index (χ1v) is 5.40. The van der Waals surface area contributed by atoms with Crippen LogP contribution in [0.25, 0.3) is 0 Å². The number of rotatable bonds is 8. The largest absolute Gasteiger partial charge is 0.387 e. The highest BCUT2D eigenvalue weighted by Crippen LogP contribution is 2.19. The molecule has 0 aromatic carbocycles. The van der Waals surface area contributed by atoms with Crippen molar-refractivity contribution >= 4 is 5.84 Å². The first-order valence-electron chi connectivity index (χ1n) is 5.40. The van der Waals surface area contributed by atoms with Crippen LogP contribution >= 0.6 is 0 Å². The van der Waals surface area contributed by atoms with Gasteiger partial charge < -0.3 is 15.2 Å². The van der Waals surface area contributed by atoms with Crippen LogP contribution < -0.4 is 5.73 Å². The second-order valence-electron chi connectivity index (χ2n) is 4.58. The Kier molecular flexibility index (Phi) is 6.52. The zero-order valence-corrected chi connectivity index (χ0v) is 10.3. The molecule has 3 N–H and O–H groups in total. The molecule has 0 aliphatic rings. The Bertz CT molecular complexity index is 191. The Morgan fingerprint density at radius 3 is 2.33 bits per heavy atom. The summed E-state index contributed by atoms with van der Waals surface area (Å²) in [5.74, 6) is 0.213. The molecule has 0 aromatic heterocycles. The maximum absolute atomic E-state index is 7.37. The van der Waals surface area contributed by atoms with Crippen molar-refractivity contribution in [2.75, 3.05) is 19.8 Å². The summed E-state index contributed by atoms with van der Waals surface area (Å²) in [7, 11) is 0. The van der Waals surface area contributed by atoms with E-state index in [2.05, 4.69) is 0 Å². The molecule has 0 aliphatic heterocycles. The zero-order valence-electron chi connectivity index (χ0n) is 10.3. The van der Waals surface area contributed by atoms with Gasteiger partial charge in [-0.25, -0.2) is 0 Å². The summed E-state index contributed by atoms with van der Waals surface area (Å²) in [6.07, 6.45) is 1.02. The summed E-state index contributed by atoms with van der Waals surface area (Å²) >= 11 is 0. The minimum atomic E-state index is -0.265. The predicted octanol–water partition coefficient (Wildman–Crippen LogP) is 1.78. The second kappa shape index (κ2) is 6.80. The van der Waals surface area contributed by atoms with E-state index >= 15 is 0 Å². The van der Waals surface area contributed by atoms with E-state index in [4.69, 9.17) is 20.6 Å². The minimum absolute atomic E-state index is 0.213. The average molecular weight is 216 g/mol. The van der Waals surface area contributed by atoms with Crippen molar-refractivity contribution < 1.29 is 9.47 Å². The Morgan fingerprint density at radius 1 is 1.27 bits per heavy atom. The quantitative estimate of drug-likeness (QED) is 0.369. The molecule has 4 heteroatoms. The van der Waals surface area contributed by atoms with Crippen LogP contribution in [0.2, 0.25) is 0 Å². The molecule has 0 heterocycles. The van der Waals surface area contributed by atoms with Gasteiger partial charge in [-0.05, 0) is 20.3 Å². The van der Waals surface area contributed by atoms with E-state index in [1.807, 2.05) is 27.7 Å². The van der Waals surface area contributed by atoms with Crippen LogP contribution in [0.15, 0.2) is 0 Å². The Hall–Kier alpha value is -0.610. The fourth-order valence-electron chi connectivity index (χ4n) is 0.907. The van der Waals surface area contributed by atoms with Crippen LogP contribution in [-0.2, 0) is 9.47 Å². The number of hydrogen-bond acceptors (Lipinski definition) is 3. The van der Waals surface area contributed by atoms with Gasteiger partial charge in [-0.3, -0.25) is 5.41 Å². The van der Waals surface area contributed by atoms with Crippen LogP contribution in [0, 0.1) is 10.8 Å². The Labute approximate surface area is 92.6 Å². The number of hydrogen-bond donors (Lipinski definition) is 2. The molecule has 90 valence electrons. The molecule has 0 bridgehead atoms. The molecule has 0 fully saturated rings. The third-order valence-electron chi connectivity index (χ3n) is 2.28. The smallest absolute Gasteiger partial charge is 0.0963 e. The van der Waals surface area contributed by atoms with Crippen molar-refractivity contribution in [2.45, 2.75) is 40.2 Å². The van der Waals surface area contributed by atoms with Crippen molar-refractivity contribution in [1.29, 1.82) is 5.41 Å². The molecule has 0 saturated heterocycles. The first-order chi connectivity index (χ1) is 6.86. The first kappa shape index (κ1) is 14.4. The molecule has 0 spiro atoms. The van der Waals surface area contributed by atoms with E-state index in [0.717, 1.165) is 6.42 Å². The van der Waals surface area contributed by atoms with Gasteiger partial charge in [0.25, 0.3) is 0 Å². The lowest BCUT2D eigenvalue weighted by Crippen LogP contribution is -2.32. The Morgan fingerprint density at radius 2 is 1.87 bits per heavy atom. The molecule has 0 rings (SSSR count). The third-order valence-corrected chi connectivity index (χ3v) is 2.28. The standard InChI is InChI=1S/C11H24N2O2/c1-9(2)15-8-7-14-6-5-11(3,4)10(12)13/h9H,5-8H2,1-4H3,(H3,12,13). The van der Waals surface area contributed by atoms with Gasteiger partial charge in [0.05, 0.1) is 25.2 Å². The van der Waals surface area contributed by atoms with Gasteiger partial charge in [0, 0.05) is 12.0 Å². The summed E-state index contributed by atoms with van der Waals surface area (Å²) in [4.78, 5) is 0. The average Bonchev–Trinajstić information content (AvgIpc) is 2.10. The van der Waals surface area contributed by atoms with E-state index < -0.39 is 0 Å². The second-order valence-corrected chi connectivity index (χ2v) is 4.58. The molecule has 0 atom stereocenters. The predicted molar refractivity (Wildman–Crippen MR) is 62.2 cm³/mol. The molecule has 0 saturated carbocycles. The third kappa shape index (κ3) is 7.33. The molecule has 0 radical (unpaired) electrons. The monoisotopic (exact) mass is 216 g/mol. The van der Waals surface area contributed by atoms with Gasteiger partial charge in [0.2, 0.25) is 0 Å². The van der Waals surface area contributed by atoms with Crippen LogP contribution in [-0.4, -0.2) is 31.8 Å². The van der Waals surface area contributed by atoms with Gasteiger partial charge in [-0.2, -0.15) is 0 Å². The van der Waals surface area contributed by atoms with Gasteiger partial charge in [-0.1, -0.05) is 13.8 Å². The molecule has 4 nitrogen and oxygen atoms in total. The molecule has 0 amide bonds. The molecule has 0 unspecified atom stereocenters. The zero-order chi connectivity index (χ0) is 11.9. The number of nitrogens with two attached hydrogens (primary N) is 1. The lowest BCUT2D eigenvalue weighted by molar-refractivity contribution is 0.0156. The van der Waals surface area contributed by atoms with Gasteiger partial charge in [0.15, 0.2) is 0 Å². The van der Waals surface area contributed by atoms with Crippen molar-refractivity contribution in [2.24, 2.45) is 11.1 Å². The number of nitrogens with one attached hydrogen (secondary N) is 1. The van der Waals surface area contributed by atoms with Gasteiger partial charge in [0.1, 0.15) is 0 Å². The van der Waals surface area contributed by atoms with Crippen molar-refractivity contribution in [3.8, 4) is 0 Å². The molecular weight excluding hydrogens is 192 g/mol. The van der Waals surface area contributed by atoms with E-state index in [-0.39, 0.29) is 17.4 Å². The fourth-order valence-corrected chi connectivity index (χ4v) is 0.907. The number of ether oxygens (including phenoxy) is 2. The van der Waals surface area contributed by atoms with Crippen LogP contribution in [0.3, 0.4) is 0 Å². The summed E-state index contributed by atoms with van der Waals surface area (Å²) in [6, 6.07) is 0. The van der Waals surface area contributed by atoms with Crippen molar-refractivity contribution in [1.82, 2.24) is 0 Å². The minimum Gasteiger partial charge on any atom is -0.387 e. The van der Waals surface area contributed by atoms with Crippen molar-refractivity contribution in [3.63, 3.8) is 0 Å². The Balaban J connectivity index is 3.43. The normalized spacial score (nSPS) is 12.1. The van der Waals surface area contributed by atoms with E-state index in [0.29, 0.717) is 19.8 Å². The van der Waals surface area contributed by atoms with Crippen molar-refractivity contribution in [3.05, 3.63) is 0 Å². The maximum Gasteiger partial charge on any atom is 0.0963 e. The summed E-state index contributed by atoms with van der Waals surface area (Å²) in [6.45, 7) is 9.74. The van der Waals surface area contributed by atoms with Crippen LogP contribution in [0.1, 0.15) is 34.1 Å². The van der Waals surface area contributed by atoms with Gasteiger partial charge >= 0.3 is 0 Å². The molecule has 0 aromatic rings. The lowest BCUT2D eigenvalue weighted by atomic mass is 9.89. The molecule has 0 aliphatic carbocycles. The van der Waals surface area contributed by atoms with E-state index in [9.17, 15) is 0 Å². The van der Waals surface area contributed by atoms with E-state index in [1.54, 1.807) is 0 Å². The SMILES string of the molecule is CC(C)OCCOCCC(C)(C)C(=N)N. The van der Waals surface area contributed by atoms with E-state index in [1.165, 1.54) is 0 Å². The summed E-state index contributed by atoms with van der Waals surface area (Å²) < 4.78 is 10.7. The lowest BCUT2D eigenvalue weighted by Gasteiger charge is -2.22. The molecular formula is C11H24N2O2. The highest BCUT2D eigenvalue weighted by atomic mass is 16.5. The maximum atomic E-state index is 7.37. The fraction of sp³-hybridized carbons (Fsp3) is 0.909. The van der Waals surface area contributed by atoms with Crippen LogP contribution in [0.4, 0.5) is 0 Å². The summed E-state index contributed by atoms with van der Waals surface area (Å²) in [5, 5.41) is 7.37. The van der Waals surface area contributed by atoms with Crippen LogP contribution in [0.5, 0.6) is 0 Å². The summed E-state index contributed by atoms with van der Waals surface area (Å²) in [5.41, 5.74) is 5.19. The number of amidine groups is 1. The highest BCUT2D eigenvalue weighted by molar-refractivity contribution is 5.82.